The standard InChI is InChI=1S/C8H9F2N3/c1-12-8(11)13-7-3-2-5(9)4-6(7)10/h2-4H,1H3,(H3,11,12,13). The lowest BCUT2D eigenvalue weighted by Crippen LogP contribution is -2.22. The van der Waals surface area contributed by atoms with Gasteiger partial charge in [0.25, 0.3) is 0 Å². The van der Waals surface area contributed by atoms with Gasteiger partial charge >= 0.3 is 0 Å². The molecule has 0 amide bonds. The maximum absolute atomic E-state index is 12.9. The van der Waals surface area contributed by atoms with E-state index in [-0.39, 0.29) is 11.6 Å². The van der Waals surface area contributed by atoms with E-state index in [1.165, 1.54) is 13.1 Å². The first-order valence-electron chi connectivity index (χ1n) is 3.58. The fraction of sp³-hybridized carbons (Fsp3) is 0.125. The monoisotopic (exact) mass is 185 g/mol. The lowest BCUT2D eigenvalue weighted by Gasteiger charge is -2.05. The number of nitrogens with two attached hydrogens (primary N) is 1. The summed E-state index contributed by atoms with van der Waals surface area (Å²) in [5.74, 6) is -1.26. The van der Waals surface area contributed by atoms with Crippen molar-refractivity contribution in [2.24, 2.45) is 10.7 Å². The van der Waals surface area contributed by atoms with Crippen molar-refractivity contribution >= 4 is 11.6 Å². The highest BCUT2D eigenvalue weighted by molar-refractivity contribution is 5.92. The quantitative estimate of drug-likeness (QED) is 0.512. The van der Waals surface area contributed by atoms with Crippen LogP contribution >= 0.6 is 0 Å². The second-order valence-corrected chi connectivity index (χ2v) is 2.36. The van der Waals surface area contributed by atoms with Crippen LogP contribution in [0.25, 0.3) is 0 Å². The third-order valence-corrected chi connectivity index (χ3v) is 1.43. The zero-order chi connectivity index (χ0) is 9.84. The molecule has 0 aliphatic carbocycles. The molecule has 70 valence electrons. The van der Waals surface area contributed by atoms with E-state index in [2.05, 4.69) is 10.3 Å². The van der Waals surface area contributed by atoms with E-state index in [0.29, 0.717) is 0 Å². The highest BCUT2D eigenvalue weighted by Crippen LogP contribution is 2.14. The molecule has 1 rings (SSSR count). The maximum atomic E-state index is 12.9. The Labute approximate surface area is 74.3 Å². The second kappa shape index (κ2) is 3.84. The molecule has 0 saturated heterocycles. The summed E-state index contributed by atoms with van der Waals surface area (Å²) in [6.45, 7) is 0. The number of hydrogen-bond donors (Lipinski definition) is 2. The Morgan fingerprint density at radius 1 is 1.46 bits per heavy atom. The van der Waals surface area contributed by atoms with Crippen molar-refractivity contribution in [2.75, 3.05) is 12.4 Å². The van der Waals surface area contributed by atoms with Crippen LogP contribution in [0.15, 0.2) is 23.2 Å². The fourth-order valence-electron chi connectivity index (χ4n) is 0.785. The fourth-order valence-corrected chi connectivity index (χ4v) is 0.785. The first-order chi connectivity index (χ1) is 6.13. The highest BCUT2D eigenvalue weighted by atomic mass is 19.1. The maximum Gasteiger partial charge on any atom is 0.192 e. The van der Waals surface area contributed by atoms with Gasteiger partial charge in [0.2, 0.25) is 0 Å². The highest BCUT2D eigenvalue weighted by Gasteiger charge is 2.03. The van der Waals surface area contributed by atoms with Gasteiger partial charge < -0.3 is 11.1 Å². The normalized spacial score (nSPS) is 11.5. The Hall–Kier alpha value is -1.65. The van der Waals surface area contributed by atoms with E-state index in [1.54, 1.807) is 0 Å². The van der Waals surface area contributed by atoms with E-state index in [0.717, 1.165) is 12.1 Å². The van der Waals surface area contributed by atoms with Crippen LogP contribution in [-0.4, -0.2) is 13.0 Å². The molecule has 13 heavy (non-hydrogen) atoms. The van der Waals surface area contributed by atoms with Gasteiger partial charge in [-0.05, 0) is 12.1 Å². The molecule has 0 radical (unpaired) electrons. The second-order valence-electron chi connectivity index (χ2n) is 2.36. The van der Waals surface area contributed by atoms with E-state index in [1.807, 2.05) is 0 Å². The minimum atomic E-state index is -0.702. The Morgan fingerprint density at radius 3 is 2.69 bits per heavy atom. The van der Waals surface area contributed by atoms with E-state index < -0.39 is 11.6 Å². The molecule has 0 bridgehead atoms. The van der Waals surface area contributed by atoms with Gasteiger partial charge in [-0.25, -0.2) is 8.78 Å². The Morgan fingerprint density at radius 2 is 2.15 bits per heavy atom. The number of benzene rings is 1. The molecule has 3 nitrogen and oxygen atoms in total. The minimum Gasteiger partial charge on any atom is -0.370 e. The largest absolute Gasteiger partial charge is 0.370 e. The van der Waals surface area contributed by atoms with Crippen LogP contribution in [0.3, 0.4) is 0 Å². The Bertz CT molecular complexity index is 336. The average Bonchev–Trinajstić information content (AvgIpc) is 2.09. The van der Waals surface area contributed by atoms with Crippen molar-refractivity contribution in [1.82, 2.24) is 0 Å². The summed E-state index contributed by atoms with van der Waals surface area (Å²) in [7, 11) is 1.46. The lowest BCUT2D eigenvalue weighted by atomic mass is 10.3. The van der Waals surface area contributed by atoms with E-state index >= 15 is 0 Å². The summed E-state index contributed by atoms with van der Waals surface area (Å²) >= 11 is 0. The molecule has 0 aliphatic heterocycles. The number of rotatable bonds is 1. The minimum absolute atomic E-state index is 0.0745. The molecule has 3 N–H and O–H groups in total. The van der Waals surface area contributed by atoms with Crippen LogP contribution in [0.4, 0.5) is 14.5 Å². The van der Waals surface area contributed by atoms with Crippen LogP contribution in [-0.2, 0) is 0 Å². The van der Waals surface area contributed by atoms with Crippen LogP contribution in [0.1, 0.15) is 0 Å². The number of anilines is 1. The molecule has 0 spiro atoms. The molecule has 1 aromatic rings. The molecule has 5 heteroatoms. The Balaban J connectivity index is 2.90. The number of guanidine groups is 1. The van der Waals surface area contributed by atoms with Crippen molar-refractivity contribution < 1.29 is 8.78 Å². The van der Waals surface area contributed by atoms with Crippen LogP contribution in [0, 0.1) is 11.6 Å². The number of nitrogens with one attached hydrogen (secondary N) is 1. The number of halogens is 2. The van der Waals surface area contributed by atoms with Crippen molar-refractivity contribution in [3.8, 4) is 0 Å². The summed E-state index contributed by atoms with van der Waals surface area (Å²) in [4.78, 5) is 3.57. The summed E-state index contributed by atoms with van der Waals surface area (Å²) in [6.07, 6.45) is 0. The molecular weight excluding hydrogens is 176 g/mol. The van der Waals surface area contributed by atoms with Crippen LogP contribution in [0.2, 0.25) is 0 Å². The van der Waals surface area contributed by atoms with E-state index in [9.17, 15) is 8.78 Å². The molecule has 0 saturated carbocycles. The topological polar surface area (TPSA) is 50.4 Å². The molecule has 1 aromatic carbocycles. The molecule has 0 aromatic heterocycles. The predicted octanol–water partition coefficient (Wildman–Crippen LogP) is 1.32. The summed E-state index contributed by atoms with van der Waals surface area (Å²) in [5, 5.41) is 2.47. The van der Waals surface area contributed by atoms with Gasteiger partial charge in [-0.1, -0.05) is 0 Å². The van der Waals surface area contributed by atoms with E-state index in [4.69, 9.17) is 5.73 Å². The number of aliphatic imine (C=N–C) groups is 1. The van der Waals surface area contributed by atoms with Gasteiger partial charge in [0.15, 0.2) is 5.96 Å². The molecule has 0 fully saturated rings. The van der Waals surface area contributed by atoms with Crippen molar-refractivity contribution in [3.63, 3.8) is 0 Å². The summed E-state index contributed by atoms with van der Waals surface area (Å²) < 4.78 is 25.4. The summed E-state index contributed by atoms with van der Waals surface area (Å²) in [5.41, 5.74) is 5.39. The molecule has 0 atom stereocenters. The molecule has 0 aliphatic rings. The number of hydrogen-bond acceptors (Lipinski definition) is 1. The smallest absolute Gasteiger partial charge is 0.192 e. The lowest BCUT2D eigenvalue weighted by molar-refractivity contribution is 0.586. The predicted molar refractivity (Wildman–Crippen MR) is 47.5 cm³/mol. The van der Waals surface area contributed by atoms with Gasteiger partial charge in [-0.15, -0.1) is 0 Å². The Kier molecular flexibility index (Phi) is 2.79. The van der Waals surface area contributed by atoms with Crippen LogP contribution < -0.4 is 11.1 Å². The SMILES string of the molecule is CN=C(N)Nc1ccc(F)cc1F. The van der Waals surface area contributed by atoms with Gasteiger partial charge in [-0.3, -0.25) is 4.99 Å². The molecular formula is C8H9F2N3. The first-order valence-corrected chi connectivity index (χ1v) is 3.58. The molecule has 0 unspecified atom stereocenters. The van der Waals surface area contributed by atoms with Crippen molar-refractivity contribution in [1.29, 1.82) is 0 Å². The third kappa shape index (κ3) is 2.40. The van der Waals surface area contributed by atoms with Crippen molar-refractivity contribution in [2.45, 2.75) is 0 Å². The van der Waals surface area contributed by atoms with Gasteiger partial charge in [0.05, 0.1) is 5.69 Å². The first kappa shape index (κ1) is 9.44. The van der Waals surface area contributed by atoms with Gasteiger partial charge in [0, 0.05) is 13.1 Å². The zero-order valence-corrected chi connectivity index (χ0v) is 7.01. The number of nitrogens with zero attached hydrogens (tertiary/aromatic N) is 1. The van der Waals surface area contributed by atoms with Crippen LogP contribution in [0.5, 0.6) is 0 Å². The summed E-state index contributed by atoms with van der Waals surface area (Å²) in [6, 6.07) is 3.16. The van der Waals surface area contributed by atoms with Gasteiger partial charge in [-0.2, -0.15) is 0 Å². The van der Waals surface area contributed by atoms with Gasteiger partial charge in [0.1, 0.15) is 11.6 Å². The van der Waals surface area contributed by atoms with Crippen molar-refractivity contribution in [3.05, 3.63) is 29.8 Å². The third-order valence-electron chi connectivity index (χ3n) is 1.43. The zero-order valence-electron chi connectivity index (χ0n) is 7.01. The molecule has 0 heterocycles. The average molecular weight is 185 g/mol.